The molecule has 6 nitrogen and oxygen atoms in total. The van der Waals surface area contributed by atoms with Gasteiger partial charge in [0.15, 0.2) is 6.61 Å². The fourth-order valence-electron chi connectivity index (χ4n) is 3.63. The van der Waals surface area contributed by atoms with E-state index in [2.05, 4.69) is 5.32 Å². The number of likely N-dealkylation sites (tertiary alicyclic amines) is 1. The van der Waals surface area contributed by atoms with Crippen LogP contribution in [0.4, 0.5) is 5.69 Å². The van der Waals surface area contributed by atoms with Gasteiger partial charge in [-0.3, -0.25) is 14.4 Å². The maximum atomic E-state index is 12.2. The van der Waals surface area contributed by atoms with Gasteiger partial charge >= 0.3 is 5.97 Å². The molecule has 1 atom stereocenters. The smallest absolute Gasteiger partial charge is 0.311 e. The van der Waals surface area contributed by atoms with Gasteiger partial charge in [-0.25, -0.2) is 0 Å². The highest BCUT2D eigenvalue weighted by atomic mass is 35.5. The number of rotatable bonds is 5. The van der Waals surface area contributed by atoms with Crippen LogP contribution in [0.5, 0.6) is 0 Å². The molecule has 1 aromatic carbocycles. The molecule has 3 rings (SSSR count). The Morgan fingerprint density at radius 3 is 2.77 bits per heavy atom. The zero-order chi connectivity index (χ0) is 18.7. The average Bonchev–Trinajstić information content (AvgIpc) is 3.25. The Balaban J connectivity index is 1.48. The Morgan fingerprint density at radius 2 is 2.04 bits per heavy atom. The number of nitrogens with one attached hydrogen (secondary N) is 1. The number of anilines is 1. The van der Waals surface area contributed by atoms with Crippen LogP contribution in [0.25, 0.3) is 0 Å². The first-order valence-electron chi connectivity index (χ1n) is 8.96. The van der Waals surface area contributed by atoms with Gasteiger partial charge in [-0.05, 0) is 37.5 Å². The lowest BCUT2D eigenvalue weighted by molar-refractivity contribution is -0.151. The van der Waals surface area contributed by atoms with E-state index in [1.165, 1.54) is 0 Å². The van der Waals surface area contributed by atoms with Crippen molar-refractivity contribution in [2.45, 2.75) is 45.1 Å². The second-order valence-electron chi connectivity index (χ2n) is 7.00. The van der Waals surface area contributed by atoms with E-state index in [1.807, 2.05) is 11.8 Å². The first-order chi connectivity index (χ1) is 12.4. The third-order valence-electron chi connectivity index (χ3n) is 5.08. The summed E-state index contributed by atoms with van der Waals surface area (Å²) in [7, 11) is 0. The number of ether oxygens (including phenoxy) is 1. The summed E-state index contributed by atoms with van der Waals surface area (Å²) in [6, 6.07) is 5.44. The quantitative estimate of drug-likeness (QED) is 0.799. The van der Waals surface area contributed by atoms with Crippen LogP contribution in [0.3, 0.4) is 0 Å². The fourth-order valence-corrected chi connectivity index (χ4v) is 3.80. The number of hydrogen-bond acceptors (Lipinski definition) is 4. The van der Waals surface area contributed by atoms with Gasteiger partial charge in [0.1, 0.15) is 0 Å². The molecule has 2 fully saturated rings. The van der Waals surface area contributed by atoms with E-state index in [9.17, 15) is 14.4 Å². The average molecular weight is 379 g/mol. The van der Waals surface area contributed by atoms with Crippen LogP contribution in [-0.2, 0) is 19.1 Å². The lowest BCUT2D eigenvalue weighted by Gasteiger charge is -2.23. The van der Waals surface area contributed by atoms with Crippen LogP contribution in [-0.4, -0.2) is 41.9 Å². The molecule has 26 heavy (non-hydrogen) atoms. The van der Waals surface area contributed by atoms with E-state index in [-0.39, 0.29) is 25.0 Å². The Morgan fingerprint density at radius 1 is 1.31 bits per heavy atom. The molecule has 1 saturated heterocycles. The molecule has 7 heteroatoms. The molecule has 140 valence electrons. The van der Waals surface area contributed by atoms with Crippen molar-refractivity contribution in [3.63, 3.8) is 0 Å². The Labute approximate surface area is 157 Å². The van der Waals surface area contributed by atoms with E-state index in [0.717, 1.165) is 31.2 Å². The molecule has 1 aromatic rings. The predicted octanol–water partition coefficient (Wildman–Crippen LogP) is 2.92. The van der Waals surface area contributed by atoms with Crippen molar-refractivity contribution >= 4 is 35.1 Å². The minimum atomic E-state index is -0.489. The number of aryl methyl sites for hydroxylation is 1. The van der Waals surface area contributed by atoms with Gasteiger partial charge in [0.25, 0.3) is 5.91 Å². The fraction of sp³-hybridized carbons (Fsp3) is 0.526. The van der Waals surface area contributed by atoms with Crippen molar-refractivity contribution in [2.75, 3.05) is 18.5 Å². The predicted molar refractivity (Wildman–Crippen MR) is 97.9 cm³/mol. The summed E-state index contributed by atoms with van der Waals surface area (Å²) < 4.78 is 5.13. The summed E-state index contributed by atoms with van der Waals surface area (Å²) in [5, 5.41) is 3.19. The Kier molecular flexibility index (Phi) is 5.81. The van der Waals surface area contributed by atoms with E-state index < -0.39 is 17.8 Å². The zero-order valence-corrected chi connectivity index (χ0v) is 15.6. The largest absolute Gasteiger partial charge is 0.455 e. The van der Waals surface area contributed by atoms with E-state index in [4.69, 9.17) is 16.3 Å². The summed E-state index contributed by atoms with van der Waals surface area (Å²) in [5.41, 5.74) is 1.45. The number of nitrogens with zero attached hydrogens (tertiary/aromatic N) is 1. The van der Waals surface area contributed by atoms with Gasteiger partial charge < -0.3 is 15.0 Å². The maximum absolute atomic E-state index is 12.2. The number of halogens is 1. The number of benzene rings is 1. The van der Waals surface area contributed by atoms with Crippen LogP contribution >= 0.6 is 11.6 Å². The van der Waals surface area contributed by atoms with E-state index in [1.54, 1.807) is 18.2 Å². The monoisotopic (exact) mass is 378 g/mol. The zero-order valence-electron chi connectivity index (χ0n) is 14.8. The minimum absolute atomic E-state index is 0.0119. The molecule has 0 bridgehead atoms. The molecule has 1 N–H and O–H groups in total. The van der Waals surface area contributed by atoms with Gasteiger partial charge in [0.05, 0.1) is 5.92 Å². The molecule has 2 amide bonds. The maximum Gasteiger partial charge on any atom is 0.311 e. The molecule has 1 aliphatic heterocycles. The Hall–Kier alpha value is -2.08. The third-order valence-corrected chi connectivity index (χ3v) is 5.31. The summed E-state index contributed by atoms with van der Waals surface area (Å²) in [4.78, 5) is 38.2. The molecule has 0 unspecified atom stereocenters. The molecule has 0 radical (unpaired) electrons. The highest BCUT2D eigenvalue weighted by molar-refractivity contribution is 6.31. The molecule has 0 spiro atoms. The first kappa shape index (κ1) is 18.7. The van der Waals surface area contributed by atoms with Crippen LogP contribution in [0.15, 0.2) is 18.2 Å². The van der Waals surface area contributed by atoms with Crippen LogP contribution in [0, 0.1) is 12.8 Å². The lowest BCUT2D eigenvalue weighted by Crippen LogP contribution is -2.35. The van der Waals surface area contributed by atoms with Crippen molar-refractivity contribution in [3.8, 4) is 0 Å². The lowest BCUT2D eigenvalue weighted by atomic mass is 10.1. The molecule has 1 saturated carbocycles. The number of hydrogen-bond donors (Lipinski definition) is 1. The van der Waals surface area contributed by atoms with Crippen LogP contribution in [0.2, 0.25) is 5.02 Å². The minimum Gasteiger partial charge on any atom is -0.455 e. The highest BCUT2D eigenvalue weighted by Gasteiger charge is 2.39. The van der Waals surface area contributed by atoms with Crippen molar-refractivity contribution in [2.24, 2.45) is 5.92 Å². The molecular formula is C19H23ClN2O4. The number of carbonyl (C=O) groups excluding carboxylic acids is 3. The van der Waals surface area contributed by atoms with Gasteiger partial charge in [-0.15, -0.1) is 0 Å². The summed E-state index contributed by atoms with van der Waals surface area (Å²) in [6.45, 7) is 1.87. The van der Waals surface area contributed by atoms with Gasteiger partial charge in [0.2, 0.25) is 5.91 Å². The standard InChI is InChI=1S/C19H23ClN2O4/c1-12-6-7-14(20)9-16(12)21-17(23)11-26-19(25)13-8-18(24)22(10-13)15-4-2-3-5-15/h6-7,9,13,15H,2-5,8,10-11H2,1H3,(H,21,23)/t13-/m0/s1. The summed E-state index contributed by atoms with van der Waals surface area (Å²) in [6.07, 6.45) is 4.45. The number of carbonyl (C=O) groups is 3. The highest BCUT2D eigenvalue weighted by Crippen LogP contribution is 2.29. The van der Waals surface area contributed by atoms with Crippen LogP contribution < -0.4 is 5.32 Å². The normalized spacial score (nSPS) is 20.5. The molecule has 1 heterocycles. The van der Waals surface area contributed by atoms with Crippen molar-refractivity contribution in [1.29, 1.82) is 0 Å². The van der Waals surface area contributed by atoms with Gasteiger partial charge in [-0.1, -0.05) is 30.5 Å². The van der Waals surface area contributed by atoms with E-state index >= 15 is 0 Å². The SMILES string of the molecule is Cc1ccc(Cl)cc1NC(=O)COC(=O)[C@H]1CC(=O)N(C2CCCC2)C1. The summed E-state index contributed by atoms with van der Waals surface area (Å²) >= 11 is 5.92. The molecule has 1 aliphatic carbocycles. The van der Waals surface area contributed by atoms with Crippen molar-refractivity contribution in [3.05, 3.63) is 28.8 Å². The second-order valence-corrected chi connectivity index (χ2v) is 7.44. The first-order valence-corrected chi connectivity index (χ1v) is 9.34. The molecule has 0 aromatic heterocycles. The summed E-state index contributed by atoms with van der Waals surface area (Å²) in [5.74, 6) is -1.39. The van der Waals surface area contributed by atoms with Gasteiger partial charge in [0, 0.05) is 29.7 Å². The van der Waals surface area contributed by atoms with Gasteiger partial charge in [-0.2, -0.15) is 0 Å². The van der Waals surface area contributed by atoms with Crippen molar-refractivity contribution in [1.82, 2.24) is 4.90 Å². The van der Waals surface area contributed by atoms with Crippen LogP contribution in [0.1, 0.15) is 37.7 Å². The topological polar surface area (TPSA) is 75.7 Å². The number of amides is 2. The molecular weight excluding hydrogens is 356 g/mol. The van der Waals surface area contributed by atoms with Crippen molar-refractivity contribution < 1.29 is 19.1 Å². The number of esters is 1. The second kappa shape index (κ2) is 8.08. The van der Waals surface area contributed by atoms with E-state index in [0.29, 0.717) is 17.3 Å². The molecule has 2 aliphatic rings. The Bertz CT molecular complexity index is 715. The third kappa shape index (κ3) is 4.36.